The zero-order valence-electron chi connectivity index (χ0n) is 21.8. The van der Waals surface area contributed by atoms with Gasteiger partial charge in [0.2, 0.25) is 11.8 Å². The molecule has 0 aliphatic carbocycles. The van der Waals surface area contributed by atoms with E-state index in [4.69, 9.17) is 0 Å². The Labute approximate surface area is 227 Å². The number of carbonyl (C=O) groups is 3. The minimum atomic E-state index is -0.751. The number of nitrogens with one attached hydrogen (secondary N) is 1. The van der Waals surface area contributed by atoms with E-state index in [2.05, 4.69) is 11.9 Å². The lowest BCUT2D eigenvalue weighted by molar-refractivity contribution is -0.157. The highest BCUT2D eigenvalue weighted by Crippen LogP contribution is 2.31. The number of carbonyl (C=O) groups excluding carboxylic acids is 3. The lowest BCUT2D eigenvalue weighted by Gasteiger charge is -2.46. The van der Waals surface area contributed by atoms with Crippen LogP contribution >= 0.6 is 0 Å². The lowest BCUT2D eigenvalue weighted by Crippen LogP contribution is -2.66. The lowest BCUT2D eigenvalue weighted by atomic mass is 9.98. The first-order chi connectivity index (χ1) is 18.9. The molecule has 0 aromatic heterocycles. The molecule has 0 spiro atoms. The number of amides is 4. The van der Waals surface area contributed by atoms with Gasteiger partial charge in [0.25, 0.3) is 0 Å². The number of hydrazine groups is 1. The van der Waals surface area contributed by atoms with E-state index in [1.165, 1.54) is 12.1 Å². The number of fused-ring (bicyclic) bond motifs is 2. The summed E-state index contributed by atoms with van der Waals surface area (Å²) in [5, 5.41) is 17.0. The zero-order chi connectivity index (χ0) is 27.5. The van der Waals surface area contributed by atoms with E-state index in [9.17, 15) is 19.6 Å². The first kappa shape index (κ1) is 25.9. The summed E-state index contributed by atoms with van der Waals surface area (Å²) in [5.41, 5.74) is 2.88. The first-order valence-corrected chi connectivity index (χ1v) is 12.9. The summed E-state index contributed by atoms with van der Waals surface area (Å²) in [6, 6.07) is 22.6. The SMILES string of the molecule is C=Cc1ccc(C[C@H]2C(=O)N(Cc3cccc4ccccc34)C[C@H]3N2C(=O)CN3N(CC#N)C(=O)NC)cc1. The standard InChI is InChI=1S/C30H30N6O3/c1-3-21-11-13-22(14-12-21)17-26-29(38)33(18-24-9-6-8-23-7-4-5-10-25(23)24)19-27-35(20-28(37)36(26)27)34(16-15-31)30(39)32-2/h3-14,26-27H,1,16-20H2,2H3,(H,32,39)/t26-,27+/m0/s1. The van der Waals surface area contributed by atoms with Gasteiger partial charge in [0, 0.05) is 20.0 Å². The van der Waals surface area contributed by atoms with Gasteiger partial charge in [-0.15, -0.1) is 0 Å². The predicted octanol–water partition coefficient (Wildman–Crippen LogP) is 2.99. The molecule has 5 rings (SSSR count). The molecule has 1 N–H and O–H groups in total. The third-order valence-electron chi connectivity index (χ3n) is 7.43. The van der Waals surface area contributed by atoms with Crippen LogP contribution in [-0.4, -0.2) is 76.6 Å². The van der Waals surface area contributed by atoms with Crippen molar-refractivity contribution in [1.82, 2.24) is 25.1 Å². The van der Waals surface area contributed by atoms with Crippen molar-refractivity contribution < 1.29 is 14.4 Å². The zero-order valence-corrected chi connectivity index (χ0v) is 21.8. The number of nitriles is 1. The van der Waals surface area contributed by atoms with Gasteiger partial charge >= 0.3 is 6.03 Å². The molecule has 2 fully saturated rings. The maximum Gasteiger partial charge on any atom is 0.332 e. The van der Waals surface area contributed by atoms with Gasteiger partial charge < -0.3 is 15.1 Å². The van der Waals surface area contributed by atoms with Crippen LogP contribution in [0.15, 0.2) is 73.3 Å². The number of rotatable bonds is 7. The molecular formula is C30H30N6O3. The van der Waals surface area contributed by atoms with Gasteiger partial charge in [-0.3, -0.25) is 9.59 Å². The van der Waals surface area contributed by atoms with Crippen molar-refractivity contribution in [3.8, 4) is 6.07 Å². The van der Waals surface area contributed by atoms with Crippen LogP contribution in [-0.2, 0) is 22.6 Å². The molecule has 2 aliphatic heterocycles. The Balaban J connectivity index is 1.52. The molecule has 2 saturated heterocycles. The smallest absolute Gasteiger partial charge is 0.332 e. The third kappa shape index (κ3) is 4.94. The summed E-state index contributed by atoms with van der Waals surface area (Å²) in [6.45, 7) is 4.04. The van der Waals surface area contributed by atoms with Gasteiger partial charge in [-0.2, -0.15) is 10.3 Å². The maximum absolute atomic E-state index is 14.0. The Morgan fingerprint density at radius 2 is 1.87 bits per heavy atom. The van der Waals surface area contributed by atoms with Gasteiger partial charge in [-0.05, 0) is 27.5 Å². The second-order valence-corrected chi connectivity index (χ2v) is 9.67. The van der Waals surface area contributed by atoms with Crippen molar-refractivity contribution in [2.24, 2.45) is 0 Å². The summed E-state index contributed by atoms with van der Waals surface area (Å²) in [7, 11) is 1.48. The van der Waals surface area contributed by atoms with Crippen molar-refractivity contribution in [2.45, 2.75) is 25.2 Å². The largest absolute Gasteiger partial charge is 0.340 e. The van der Waals surface area contributed by atoms with Crippen molar-refractivity contribution in [2.75, 3.05) is 26.7 Å². The molecule has 198 valence electrons. The molecule has 3 aromatic rings. The fraction of sp³-hybridized carbons (Fsp3) is 0.267. The highest BCUT2D eigenvalue weighted by molar-refractivity contribution is 5.92. The van der Waals surface area contributed by atoms with Crippen molar-refractivity contribution >= 4 is 34.7 Å². The van der Waals surface area contributed by atoms with Crippen LogP contribution in [0.4, 0.5) is 4.79 Å². The fourth-order valence-electron chi connectivity index (χ4n) is 5.51. The minimum absolute atomic E-state index is 0.0962. The van der Waals surface area contributed by atoms with Gasteiger partial charge in [-0.1, -0.05) is 79.4 Å². The van der Waals surface area contributed by atoms with E-state index < -0.39 is 18.2 Å². The van der Waals surface area contributed by atoms with Crippen LogP contribution in [0.5, 0.6) is 0 Å². The Kier molecular flexibility index (Phi) is 7.30. The molecule has 0 radical (unpaired) electrons. The van der Waals surface area contributed by atoms with Gasteiger partial charge in [0.05, 0.1) is 19.2 Å². The Morgan fingerprint density at radius 3 is 2.59 bits per heavy atom. The van der Waals surface area contributed by atoms with E-state index in [1.807, 2.05) is 72.8 Å². The van der Waals surface area contributed by atoms with Crippen LogP contribution < -0.4 is 5.32 Å². The Morgan fingerprint density at radius 1 is 1.13 bits per heavy atom. The monoisotopic (exact) mass is 522 g/mol. The second kappa shape index (κ2) is 11.0. The van der Waals surface area contributed by atoms with E-state index in [0.29, 0.717) is 13.0 Å². The van der Waals surface area contributed by atoms with E-state index in [0.717, 1.165) is 27.5 Å². The Hall–Kier alpha value is -4.68. The molecule has 3 aromatic carbocycles. The quantitative estimate of drug-likeness (QED) is 0.481. The second-order valence-electron chi connectivity index (χ2n) is 9.67. The molecule has 9 nitrogen and oxygen atoms in total. The number of hydrogen-bond acceptors (Lipinski definition) is 5. The molecule has 2 atom stereocenters. The first-order valence-electron chi connectivity index (χ1n) is 12.9. The number of nitrogens with zero attached hydrogens (tertiary/aromatic N) is 5. The minimum Gasteiger partial charge on any atom is -0.340 e. The van der Waals surface area contributed by atoms with Crippen LogP contribution in [0.2, 0.25) is 0 Å². The maximum atomic E-state index is 14.0. The summed E-state index contributed by atoms with van der Waals surface area (Å²) in [6.07, 6.45) is 1.49. The molecular weight excluding hydrogens is 492 g/mol. The van der Waals surface area contributed by atoms with Gasteiger partial charge in [0.1, 0.15) is 18.8 Å². The van der Waals surface area contributed by atoms with E-state index in [1.54, 1.807) is 20.9 Å². The van der Waals surface area contributed by atoms with Gasteiger partial charge in [-0.25, -0.2) is 9.80 Å². The third-order valence-corrected chi connectivity index (χ3v) is 7.43. The average molecular weight is 523 g/mol. The molecule has 2 aliphatic rings. The normalized spacial score (nSPS) is 19.1. The number of benzene rings is 3. The van der Waals surface area contributed by atoms with Crippen molar-refractivity contribution in [3.05, 3.63) is 90.0 Å². The number of piperazine rings is 1. The predicted molar refractivity (Wildman–Crippen MR) is 148 cm³/mol. The highest BCUT2D eigenvalue weighted by Gasteiger charge is 2.52. The summed E-state index contributed by atoms with van der Waals surface area (Å²) in [4.78, 5) is 43.5. The van der Waals surface area contributed by atoms with Gasteiger partial charge in [0.15, 0.2) is 0 Å². The molecule has 39 heavy (non-hydrogen) atoms. The number of urea groups is 1. The summed E-state index contributed by atoms with van der Waals surface area (Å²) >= 11 is 0. The van der Waals surface area contributed by atoms with Crippen LogP contribution in [0.1, 0.15) is 16.7 Å². The molecule has 0 unspecified atom stereocenters. The van der Waals surface area contributed by atoms with E-state index >= 15 is 0 Å². The number of hydrogen-bond donors (Lipinski definition) is 1. The molecule has 2 heterocycles. The summed E-state index contributed by atoms with van der Waals surface area (Å²) in [5.74, 6) is -0.397. The topological polar surface area (TPSA) is 100.0 Å². The van der Waals surface area contributed by atoms with Crippen LogP contribution in [0, 0.1) is 11.3 Å². The van der Waals surface area contributed by atoms with Crippen LogP contribution in [0.3, 0.4) is 0 Å². The summed E-state index contributed by atoms with van der Waals surface area (Å²) < 4.78 is 0. The highest BCUT2D eigenvalue weighted by atomic mass is 16.2. The van der Waals surface area contributed by atoms with Crippen molar-refractivity contribution in [3.63, 3.8) is 0 Å². The molecule has 0 saturated carbocycles. The van der Waals surface area contributed by atoms with Crippen molar-refractivity contribution in [1.29, 1.82) is 5.26 Å². The van der Waals surface area contributed by atoms with Crippen LogP contribution in [0.25, 0.3) is 16.8 Å². The van der Waals surface area contributed by atoms with E-state index in [-0.39, 0.29) is 31.4 Å². The fourth-order valence-corrected chi connectivity index (χ4v) is 5.51. The molecule has 4 amide bonds. The molecule has 0 bridgehead atoms. The average Bonchev–Trinajstić information content (AvgIpc) is 3.29. The Bertz CT molecular complexity index is 1460. The molecule has 9 heteroatoms.